The quantitative estimate of drug-likeness (QED) is 0.615. The standard InChI is InChI=1S/C19H22BrNO5/c1-4-7-26-18-13(8-14(20)10-17(18)25-3)11-21-15-9-12(19(22)23)5-6-16(15)24-2/h5-6,8-10,21H,4,7,11H2,1-3H3,(H,22,23). The van der Waals surface area contributed by atoms with E-state index in [0.717, 1.165) is 16.5 Å². The number of ether oxygens (including phenoxy) is 3. The SMILES string of the molecule is CCCOc1c(CNc2cc(C(=O)O)ccc2OC)cc(Br)cc1OC. The molecule has 26 heavy (non-hydrogen) atoms. The highest BCUT2D eigenvalue weighted by molar-refractivity contribution is 9.10. The summed E-state index contributed by atoms with van der Waals surface area (Å²) in [4.78, 5) is 11.2. The molecule has 0 fully saturated rings. The van der Waals surface area contributed by atoms with E-state index < -0.39 is 5.97 Å². The van der Waals surface area contributed by atoms with E-state index >= 15 is 0 Å². The first-order valence-electron chi connectivity index (χ1n) is 8.14. The van der Waals surface area contributed by atoms with E-state index in [0.29, 0.717) is 36.1 Å². The summed E-state index contributed by atoms with van der Waals surface area (Å²) in [5.74, 6) is 0.870. The summed E-state index contributed by atoms with van der Waals surface area (Å²) < 4.78 is 17.5. The van der Waals surface area contributed by atoms with Gasteiger partial charge in [0.05, 0.1) is 32.1 Å². The van der Waals surface area contributed by atoms with E-state index in [4.69, 9.17) is 14.2 Å². The van der Waals surface area contributed by atoms with Crippen LogP contribution in [-0.4, -0.2) is 31.9 Å². The van der Waals surface area contributed by atoms with Gasteiger partial charge in [-0.15, -0.1) is 0 Å². The van der Waals surface area contributed by atoms with Crippen molar-refractivity contribution >= 4 is 27.6 Å². The molecule has 0 saturated carbocycles. The number of benzene rings is 2. The van der Waals surface area contributed by atoms with Crippen LogP contribution in [0.5, 0.6) is 17.2 Å². The number of hydrogen-bond acceptors (Lipinski definition) is 5. The van der Waals surface area contributed by atoms with Crippen LogP contribution in [0.25, 0.3) is 0 Å². The Morgan fingerprint density at radius 3 is 2.50 bits per heavy atom. The minimum atomic E-state index is -0.994. The number of carboxylic acids is 1. The monoisotopic (exact) mass is 423 g/mol. The molecule has 2 N–H and O–H groups in total. The molecule has 2 aromatic rings. The molecule has 0 heterocycles. The van der Waals surface area contributed by atoms with E-state index in [9.17, 15) is 9.90 Å². The Hall–Kier alpha value is -2.41. The lowest BCUT2D eigenvalue weighted by Gasteiger charge is -2.17. The summed E-state index contributed by atoms with van der Waals surface area (Å²) in [5.41, 5.74) is 1.66. The van der Waals surface area contributed by atoms with Gasteiger partial charge in [0.15, 0.2) is 11.5 Å². The fourth-order valence-corrected chi connectivity index (χ4v) is 2.93. The predicted molar refractivity (Wildman–Crippen MR) is 104 cm³/mol. The summed E-state index contributed by atoms with van der Waals surface area (Å²) >= 11 is 3.48. The molecule has 0 bridgehead atoms. The fraction of sp³-hybridized carbons (Fsp3) is 0.316. The Morgan fingerprint density at radius 2 is 1.88 bits per heavy atom. The first-order valence-corrected chi connectivity index (χ1v) is 8.93. The van der Waals surface area contributed by atoms with Crippen molar-refractivity contribution in [2.45, 2.75) is 19.9 Å². The molecule has 0 radical (unpaired) electrons. The minimum absolute atomic E-state index is 0.183. The highest BCUT2D eigenvalue weighted by Crippen LogP contribution is 2.36. The third-order valence-corrected chi connectivity index (χ3v) is 4.14. The van der Waals surface area contributed by atoms with Gasteiger partial charge in [-0.1, -0.05) is 22.9 Å². The van der Waals surface area contributed by atoms with Crippen molar-refractivity contribution in [1.82, 2.24) is 0 Å². The molecular formula is C19H22BrNO5. The van der Waals surface area contributed by atoms with Gasteiger partial charge in [-0.2, -0.15) is 0 Å². The zero-order valence-corrected chi connectivity index (χ0v) is 16.6. The van der Waals surface area contributed by atoms with Crippen molar-refractivity contribution in [2.24, 2.45) is 0 Å². The fourth-order valence-electron chi connectivity index (χ4n) is 2.44. The normalized spacial score (nSPS) is 10.3. The van der Waals surface area contributed by atoms with E-state index in [-0.39, 0.29) is 5.56 Å². The van der Waals surface area contributed by atoms with Gasteiger partial charge in [0, 0.05) is 16.6 Å². The number of hydrogen-bond donors (Lipinski definition) is 2. The average Bonchev–Trinajstić information content (AvgIpc) is 2.64. The van der Waals surface area contributed by atoms with Gasteiger partial charge in [0.2, 0.25) is 0 Å². The van der Waals surface area contributed by atoms with E-state index in [1.165, 1.54) is 6.07 Å². The summed E-state index contributed by atoms with van der Waals surface area (Å²) in [6, 6.07) is 8.46. The van der Waals surface area contributed by atoms with Crippen LogP contribution in [0.15, 0.2) is 34.8 Å². The molecule has 7 heteroatoms. The molecule has 0 atom stereocenters. The second-order valence-electron chi connectivity index (χ2n) is 5.52. The number of aromatic carboxylic acids is 1. The Balaban J connectivity index is 2.32. The van der Waals surface area contributed by atoms with Gasteiger partial charge in [0.1, 0.15) is 5.75 Å². The highest BCUT2D eigenvalue weighted by atomic mass is 79.9. The number of methoxy groups -OCH3 is 2. The second kappa shape index (κ2) is 9.33. The molecule has 0 saturated heterocycles. The third kappa shape index (κ3) is 4.82. The molecule has 6 nitrogen and oxygen atoms in total. The van der Waals surface area contributed by atoms with Crippen LogP contribution in [0, 0.1) is 0 Å². The minimum Gasteiger partial charge on any atom is -0.495 e. The predicted octanol–water partition coefficient (Wildman–Crippen LogP) is 4.57. The highest BCUT2D eigenvalue weighted by Gasteiger charge is 2.14. The molecule has 2 aromatic carbocycles. The Labute approximate surface area is 161 Å². The number of nitrogens with one attached hydrogen (secondary N) is 1. The van der Waals surface area contributed by atoms with E-state index in [1.807, 2.05) is 19.1 Å². The first-order chi connectivity index (χ1) is 12.5. The Kier molecular flexibility index (Phi) is 7.15. The van der Waals surface area contributed by atoms with Crippen molar-refractivity contribution in [2.75, 3.05) is 26.1 Å². The number of rotatable bonds is 9. The molecule has 0 aromatic heterocycles. The molecular weight excluding hydrogens is 402 g/mol. The second-order valence-corrected chi connectivity index (χ2v) is 6.43. The largest absolute Gasteiger partial charge is 0.495 e. The summed E-state index contributed by atoms with van der Waals surface area (Å²) in [6.07, 6.45) is 0.876. The lowest BCUT2D eigenvalue weighted by atomic mass is 10.1. The maximum absolute atomic E-state index is 11.2. The lowest BCUT2D eigenvalue weighted by molar-refractivity contribution is 0.0697. The van der Waals surface area contributed by atoms with Gasteiger partial charge in [0.25, 0.3) is 0 Å². The summed E-state index contributed by atoms with van der Waals surface area (Å²) in [5, 5.41) is 12.4. The third-order valence-electron chi connectivity index (χ3n) is 3.68. The summed E-state index contributed by atoms with van der Waals surface area (Å²) in [7, 11) is 3.13. The zero-order chi connectivity index (χ0) is 19.1. The number of carbonyl (C=O) groups is 1. The van der Waals surface area contributed by atoms with Crippen LogP contribution in [0.2, 0.25) is 0 Å². The first kappa shape index (κ1) is 19.9. The summed E-state index contributed by atoms with van der Waals surface area (Å²) in [6.45, 7) is 3.02. The van der Waals surface area contributed by atoms with Crippen molar-refractivity contribution < 1.29 is 24.1 Å². The number of anilines is 1. The van der Waals surface area contributed by atoms with Crippen LogP contribution in [-0.2, 0) is 6.54 Å². The van der Waals surface area contributed by atoms with Gasteiger partial charge in [-0.3, -0.25) is 0 Å². The molecule has 140 valence electrons. The van der Waals surface area contributed by atoms with Gasteiger partial charge in [-0.25, -0.2) is 4.79 Å². The molecule has 0 amide bonds. The maximum Gasteiger partial charge on any atom is 0.335 e. The van der Waals surface area contributed by atoms with Crippen LogP contribution < -0.4 is 19.5 Å². The van der Waals surface area contributed by atoms with Gasteiger partial charge < -0.3 is 24.6 Å². The molecule has 2 rings (SSSR count). The van der Waals surface area contributed by atoms with Crippen molar-refractivity contribution in [3.05, 3.63) is 45.9 Å². The van der Waals surface area contributed by atoms with Crippen molar-refractivity contribution in [1.29, 1.82) is 0 Å². The maximum atomic E-state index is 11.2. The molecule has 0 aliphatic carbocycles. The molecule has 0 spiro atoms. The number of halogens is 1. The van der Waals surface area contributed by atoms with Crippen LogP contribution in [0.3, 0.4) is 0 Å². The molecule has 0 aliphatic heterocycles. The van der Waals surface area contributed by atoms with Crippen molar-refractivity contribution in [3.63, 3.8) is 0 Å². The lowest BCUT2D eigenvalue weighted by Crippen LogP contribution is -2.07. The van der Waals surface area contributed by atoms with E-state index in [2.05, 4.69) is 21.2 Å². The topological polar surface area (TPSA) is 77.0 Å². The smallest absolute Gasteiger partial charge is 0.335 e. The van der Waals surface area contributed by atoms with Crippen LogP contribution in [0.4, 0.5) is 5.69 Å². The van der Waals surface area contributed by atoms with Gasteiger partial charge in [-0.05, 0) is 36.8 Å². The molecule has 0 aliphatic rings. The Morgan fingerprint density at radius 1 is 1.15 bits per heavy atom. The van der Waals surface area contributed by atoms with Crippen LogP contribution >= 0.6 is 15.9 Å². The number of carboxylic acid groups (broad SMARTS) is 1. The average molecular weight is 424 g/mol. The Bertz CT molecular complexity index is 779. The van der Waals surface area contributed by atoms with Crippen molar-refractivity contribution in [3.8, 4) is 17.2 Å². The zero-order valence-electron chi connectivity index (χ0n) is 15.0. The van der Waals surface area contributed by atoms with Gasteiger partial charge >= 0.3 is 5.97 Å². The van der Waals surface area contributed by atoms with Crippen LogP contribution in [0.1, 0.15) is 29.3 Å². The molecule has 0 unspecified atom stereocenters. The van der Waals surface area contributed by atoms with E-state index in [1.54, 1.807) is 26.4 Å².